The van der Waals surface area contributed by atoms with Crippen molar-refractivity contribution < 1.29 is 0 Å². The Morgan fingerprint density at radius 1 is 1.07 bits per heavy atom. The lowest BCUT2D eigenvalue weighted by Crippen LogP contribution is -2.05. The van der Waals surface area contributed by atoms with Gasteiger partial charge in [-0.15, -0.1) is 0 Å². The molecule has 0 saturated carbocycles. The van der Waals surface area contributed by atoms with Gasteiger partial charge in [-0.2, -0.15) is 5.10 Å². The van der Waals surface area contributed by atoms with E-state index in [-0.39, 0.29) is 0 Å². The lowest BCUT2D eigenvalue weighted by molar-refractivity contribution is 0.529. The molecular formula is C22H31N5. The van der Waals surface area contributed by atoms with Crippen LogP contribution < -0.4 is 0 Å². The number of nitrogens with zero attached hydrogens (tertiary/aromatic N) is 5. The maximum atomic E-state index is 5.04. The van der Waals surface area contributed by atoms with Crippen LogP contribution in [0, 0.1) is 6.92 Å². The van der Waals surface area contributed by atoms with Crippen molar-refractivity contribution in [3.8, 4) is 11.4 Å². The Kier molecular flexibility index (Phi) is 6.54. The lowest BCUT2D eigenvalue weighted by atomic mass is 9.92. The molecule has 3 rings (SSSR count). The average molecular weight is 366 g/mol. The molecule has 5 heteroatoms. The first-order chi connectivity index (χ1) is 13.1. The van der Waals surface area contributed by atoms with Gasteiger partial charge in [0.25, 0.3) is 0 Å². The van der Waals surface area contributed by atoms with E-state index < -0.39 is 0 Å². The fraction of sp³-hybridized carbons (Fsp3) is 0.545. The number of pyridine rings is 1. The highest BCUT2D eigenvalue weighted by molar-refractivity contribution is 5.82. The van der Waals surface area contributed by atoms with Crippen LogP contribution in [0.25, 0.3) is 22.3 Å². The van der Waals surface area contributed by atoms with Crippen molar-refractivity contribution in [3.05, 3.63) is 36.0 Å². The van der Waals surface area contributed by atoms with E-state index in [9.17, 15) is 0 Å². The number of fused-ring (bicyclic) bond motifs is 1. The van der Waals surface area contributed by atoms with Crippen molar-refractivity contribution in [3.63, 3.8) is 0 Å². The van der Waals surface area contributed by atoms with Gasteiger partial charge in [0.05, 0.1) is 28.7 Å². The Labute approximate surface area is 162 Å². The van der Waals surface area contributed by atoms with E-state index in [1.165, 1.54) is 44.2 Å². The predicted octanol–water partition coefficient (Wildman–Crippen LogP) is 5.59. The van der Waals surface area contributed by atoms with E-state index in [2.05, 4.69) is 30.0 Å². The van der Waals surface area contributed by atoms with E-state index in [1.54, 1.807) is 0 Å². The molecule has 0 aliphatic heterocycles. The van der Waals surface area contributed by atoms with Crippen LogP contribution in [-0.2, 0) is 7.05 Å². The molecular weight excluding hydrogens is 334 g/mol. The smallest absolute Gasteiger partial charge is 0.163 e. The molecule has 5 nitrogen and oxygen atoms in total. The van der Waals surface area contributed by atoms with Crippen molar-refractivity contribution in [1.82, 2.24) is 24.7 Å². The molecule has 3 aromatic heterocycles. The van der Waals surface area contributed by atoms with Gasteiger partial charge in [-0.1, -0.05) is 46.0 Å². The monoisotopic (exact) mass is 365 g/mol. The normalized spacial score (nSPS) is 12.6. The summed E-state index contributed by atoms with van der Waals surface area (Å²) < 4.78 is 1.83. The maximum absolute atomic E-state index is 5.04. The summed E-state index contributed by atoms with van der Waals surface area (Å²) in [5.74, 6) is 1.22. The Morgan fingerprint density at radius 2 is 1.89 bits per heavy atom. The molecule has 1 atom stereocenters. The third kappa shape index (κ3) is 4.52. The van der Waals surface area contributed by atoms with E-state index in [4.69, 9.17) is 9.97 Å². The predicted molar refractivity (Wildman–Crippen MR) is 111 cm³/mol. The van der Waals surface area contributed by atoms with Gasteiger partial charge in [-0.05, 0) is 25.8 Å². The Balaban J connectivity index is 1.95. The van der Waals surface area contributed by atoms with Gasteiger partial charge in [-0.25, -0.2) is 9.97 Å². The van der Waals surface area contributed by atoms with Gasteiger partial charge >= 0.3 is 0 Å². The zero-order valence-corrected chi connectivity index (χ0v) is 17.1. The lowest BCUT2D eigenvalue weighted by Gasteiger charge is -2.17. The SMILES string of the molecule is CCCCCCCC(CC)c1nc(-c2cn(C)nc2C)nc2cnccc12. The quantitative estimate of drug-likeness (QED) is 0.464. The van der Waals surface area contributed by atoms with Gasteiger partial charge in [0, 0.05) is 30.7 Å². The van der Waals surface area contributed by atoms with Crippen molar-refractivity contribution in [1.29, 1.82) is 0 Å². The minimum absolute atomic E-state index is 0.454. The highest BCUT2D eigenvalue weighted by atomic mass is 15.3. The average Bonchev–Trinajstić information content (AvgIpc) is 3.02. The molecule has 0 aromatic carbocycles. The second-order valence-electron chi connectivity index (χ2n) is 7.44. The van der Waals surface area contributed by atoms with Crippen LogP contribution in [0.3, 0.4) is 0 Å². The van der Waals surface area contributed by atoms with Crippen molar-refractivity contribution in [2.45, 2.75) is 71.6 Å². The molecule has 27 heavy (non-hydrogen) atoms. The summed E-state index contributed by atoms with van der Waals surface area (Å²) in [6, 6.07) is 2.06. The summed E-state index contributed by atoms with van der Waals surface area (Å²) in [4.78, 5) is 14.1. The van der Waals surface area contributed by atoms with Gasteiger partial charge in [0.15, 0.2) is 5.82 Å². The first-order valence-corrected chi connectivity index (χ1v) is 10.3. The van der Waals surface area contributed by atoms with Crippen molar-refractivity contribution >= 4 is 10.9 Å². The summed E-state index contributed by atoms with van der Waals surface area (Å²) in [5, 5.41) is 5.60. The van der Waals surface area contributed by atoms with Gasteiger partial charge < -0.3 is 0 Å². The maximum Gasteiger partial charge on any atom is 0.163 e. The first-order valence-electron chi connectivity index (χ1n) is 10.3. The molecule has 3 aromatic rings. The van der Waals surface area contributed by atoms with Gasteiger partial charge in [0.2, 0.25) is 0 Å². The molecule has 0 N–H and O–H groups in total. The molecule has 3 heterocycles. The summed E-state index contributed by atoms with van der Waals surface area (Å²) >= 11 is 0. The summed E-state index contributed by atoms with van der Waals surface area (Å²) in [6.07, 6.45) is 14.5. The second kappa shape index (κ2) is 9.07. The highest BCUT2D eigenvalue weighted by Gasteiger charge is 2.19. The van der Waals surface area contributed by atoms with Crippen LogP contribution in [0.2, 0.25) is 0 Å². The summed E-state index contributed by atoms with van der Waals surface area (Å²) in [7, 11) is 1.94. The van der Waals surface area contributed by atoms with Gasteiger partial charge in [-0.3, -0.25) is 9.67 Å². The van der Waals surface area contributed by atoms with Crippen molar-refractivity contribution in [2.24, 2.45) is 7.05 Å². The van der Waals surface area contributed by atoms with Crippen LogP contribution in [0.15, 0.2) is 24.7 Å². The molecule has 144 valence electrons. The summed E-state index contributed by atoms with van der Waals surface area (Å²) in [5.41, 5.74) is 4.05. The zero-order chi connectivity index (χ0) is 19.2. The summed E-state index contributed by atoms with van der Waals surface area (Å²) in [6.45, 7) is 6.54. The second-order valence-corrected chi connectivity index (χ2v) is 7.44. The molecule has 0 bridgehead atoms. The number of hydrogen-bond acceptors (Lipinski definition) is 4. The molecule has 0 aliphatic rings. The Bertz CT molecular complexity index is 884. The number of hydrogen-bond donors (Lipinski definition) is 0. The molecule has 0 fully saturated rings. The Hall–Kier alpha value is -2.30. The number of aromatic nitrogens is 5. The minimum atomic E-state index is 0.454. The zero-order valence-electron chi connectivity index (χ0n) is 17.1. The van der Waals surface area contributed by atoms with Gasteiger partial charge in [0.1, 0.15) is 0 Å². The molecule has 0 radical (unpaired) electrons. The number of unbranched alkanes of at least 4 members (excludes halogenated alkanes) is 4. The molecule has 1 unspecified atom stereocenters. The number of rotatable bonds is 9. The molecule has 0 spiro atoms. The van der Waals surface area contributed by atoms with Crippen molar-refractivity contribution in [2.75, 3.05) is 0 Å². The third-order valence-corrected chi connectivity index (χ3v) is 5.32. The van der Waals surface area contributed by atoms with E-state index in [0.717, 1.165) is 34.4 Å². The Morgan fingerprint density at radius 3 is 2.59 bits per heavy atom. The van der Waals surface area contributed by atoms with E-state index in [1.807, 2.05) is 37.2 Å². The molecule has 0 amide bonds. The van der Waals surface area contributed by atoms with Crippen LogP contribution >= 0.6 is 0 Å². The third-order valence-electron chi connectivity index (χ3n) is 5.32. The van der Waals surface area contributed by atoms with Crippen LogP contribution in [0.4, 0.5) is 0 Å². The van der Waals surface area contributed by atoms with E-state index in [0.29, 0.717) is 5.92 Å². The highest BCUT2D eigenvalue weighted by Crippen LogP contribution is 2.32. The molecule has 0 saturated heterocycles. The largest absolute Gasteiger partial charge is 0.275 e. The number of aryl methyl sites for hydroxylation is 2. The molecule has 0 aliphatic carbocycles. The fourth-order valence-electron chi connectivity index (χ4n) is 3.78. The van der Waals surface area contributed by atoms with Crippen LogP contribution in [0.5, 0.6) is 0 Å². The minimum Gasteiger partial charge on any atom is -0.275 e. The van der Waals surface area contributed by atoms with E-state index >= 15 is 0 Å². The van der Waals surface area contributed by atoms with Crippen LogP contribution in [0.1, 0.15) is 76.1 Å². The first kappa shape index (κ1) is 19.5. The topological polar surface area (TPSA) is 56.5 Å². The standard InChI is InChI=1S/C22H31N5/c1-5-7-8-9-10-11-17(6-2)21-18-12-13-23-14-20(18)24-22(25-21)19-15-27(4)26-16(19)3/h12-15,17H,5-11H2,1-4H3. The van der Waals surface area contributed by atoms with Crippen LogP contribution in [-0.4, -0.2) is 24.7 Å². The fourth-order valence-corrected chi connectivity index (χ4v) is 3.78.